The first-order valence-electron chi connectivity index (χ1n) is 11.7. The van der Waals surface area contributed by atoms with E-state index < -0.39 is 17.3 Å². The Morgan fingerprint density at radius 1 is 1.18 bits per heavy atom. The molecular weight excluding hydrogens is 525 g/mol. The molecule has 2 aromatic carbocycles. The number of benzene rings is 2. The minimum atomic E-state index is -4.39. The summed E-state index contributed by atoms with van der Waals surface area (Å²) in [7, 11) is 1.32. The molecule has 0 radical (unpaired) electrons. The largest absolute Gasteiger partial charge is 0.451 e. The summed E-state index contributed by atoms with van der Waals surface area (Å²) in [6.07, 6.45) is -3.64. The van der Waals surface area contributed by atoms with Crippen molar-refractivity contribution in [3.8, 4) is 0 Å². The van der Waals surface area contributed by atoms with E-state index in [0.717, 1.165) is 16.9 Å². The molecule has 5 rings (SSSR count). The van der Waals surface area contributed by atoms with Crippen LogP contribution in [-0.4, -0.2) is 40.7 Å². The van der Waals surface area contributed by atoms with Crippen LogP contribution < -0.4 is 15.7 Å². The van der Waals surface area contributed by atoms with Crippen molar-refractivity contribution < 1.29 is 27.2 Å². The summed E-state index contributed by atoms with van der Waals surface area (Å²) < 4.78 is 45.0. The van der Waals surface area contributed by atoms with Crippen molar-refractivity contribution in [1.29, 1.82) is 0 Å². The van der Waals surface area contributed by atoms with Crippen LogP contribution in [0.3, 0.4) is 0 Å². The molecule has 3 heterocycles. The highest BCUT2D eigenvalue weighted by atomic mass is 35.5. The lowest BCUT2D eigenvalue weighted by molar-refractivity contribution is -0.137. The lowest BCUT2D eigenvalue weighted by Crippen LogP contribution is -2.42. The molecule has 12 heteroatoms. The number of hydrogen-bond donors (Lipinski definition) is 1. The highest BCUT2D eigenvalue weighted by Gasteiger charge is 2.30. The van der Waals surface area contributed by atoms with Gasteiger partial charge in [0, 0.05) is 29.9 Å². The quantitative estimate of drug-likeness (QED) is 0.381. The summed E-state index contributed by atoms with van der Waals surface area (Å²) in [6.45, 7) is 0.672. The van der Waals surface area contributed by atoms with Gasteiger partial charge < -0.3 is 19.5 Å². The second kappa shape index (κ2) is 10.1. The van der Waals surface area contributed by atoms with Crippen LogP contribution >= 0.6 is 11.6 Å². The molecule has 4 aromatic rings. The lowest BCUT2D eigenvalue weighted by atomic mass is 10.1. The van der Waals surface area contributed by atoms with E-state index in [-0.39, 0.29) is 24.2 Å². The molecule has 1 aliphatic rings. The van der Waals surface area contributed by atoms with E-state index in [1.165, 1.54) is 24.1 Å². The van der Waals surface area contributed by atoms with Crippen molar-refractivity contribution in [2.75, 3.05) is 25.5 Å². The van der Waals surface area contributed by atoms with Gasteiger partial charge in [0.2, 0.25) is 5.95 Å². The Labute approximate surface area is 219 Å². The molecule has 0 bridgehead atoms. The number of nitrogens with one attached hydrogen (secondary N) is 1. The van der Waals surface area contributed by atoms with Gasteiger partial charge in [-0.1, -0.05) is 23.7 Å². The van der Waals surface area contributed by atoms with Crippen LogP contribution in [0.1, 0.15) is 32.9 Å². The van der Waals surface area contributed by atoms with Crippen LogP contribution in [0.15, 0.2) is 57.7 Å². The summed E-state index contributed by atoms with van der Waals surface area (Å²) in [5.74, 6) is -0.0329. The molecule has 0 spiro atoms. The molecular formula is C26H22ClF3N4O4. The number of fused-ring (bicyclic) bond motifs is 2. The minimum Gasteiger partial charge on any atom is -0.451 e. The number of carbonyl (C=O) groups is 1. The maximum absolute atomic E-state index is 13.2. The Morgan fingerprint density at radius 3 is 2.66 bits per heavy atom. The second-order valence-corrected chi connectivity index (χ2v) is 9.22. The molecule has 0 fully saturated rings. The molecule has 1 N–H and O–H groups in total. The number of rotatable bonds is 6. The molecule has 8 nitrogen and oxygen atoms in total. The second-order valence-electron chi connectivity index (χ2n) is 8.78. The van der Waals surface area contributed by atoms with Crippen LogP contribution in [0, 0.1) is 0 Å². The number of nitrogens with zero attached hydrogens (tertiary/aromatic N) is 3. The number of hydrogen-bond acceptors (Lipinski definition) is 6. The molecule has 1 aliphatic heterocycles. The van der Waals surface area contributed by atoms with E-state index in [9.17, 15) is 22.8 Å². The Balaban J connectivity index is 1.30. The standard InChI is InChI=1S/C26H22ClF3N4O4/c1-37-34-23(35)19-14-33(24(36)22-13-16-12-18(27)6-7-21(16)38-22)11-9-20(19)32-25(34)31-10-8-15-2-4-17(5-3-15)26(28,29)30/h2-7,12-13H,8-11,14H2,1H3,(H,31,32). The van der Waals surface area contributed by atoms with Gasteiger partial charge in [0.05, 0.1) is 23.4 Å². The maximum Gasteiger partial charge on any atom is 0.416 e. The van der Waals surface area contributed by atoms with Gasteiger partial charge in [0.1, 0.15) is 12.7 Å². The highest BCUT2D eigenvalue weighted by molar-refractivity contribution is 6.31. The Bertz CT molecular complexity index is 1560. The predicted octanol–water partition coefficient (Wildman–Crippen LogP) is 4.57. The van der Waals surface area contributed by atoms with Gasteiger partial charge in [-0.2, -0.15) is 13.2 Å². The van der Waals surface area contributed by atoms with Gasteiger partial charge in [-0.25, -0.2) is 4.98 Å². The van der Waals surface area contributed by atoms with Gasteiger partial charge in [0.15, 0.2) is 5.76 Å². The van der Waals surface area contributed by atoms with Gasteiger partial charge >= 0.3 is 6.18 Å². The van der Waals surface area contributed by atoms with Gasteiger partial charge in [-0.3, -0.25) is 9.59 Å². The third kappa shape index (κ3) is 5.06. The highest BCUT2D eigenvalue weighted by Crippen LogP contribution is 2.29. The van der Waals surface area contributed by atoms with Gasteiger partial charge in [-0.05, 0) is 48.4 Å². The molecule has 0 saturated carbocycles. The topological polar surface area (TPSA) is 89.6 Å². The molecule has 0 aliphatic carbocycles. The van der Waals surface area contributed by atoms with Crippen molar-refractivity contribution in [2.24, 2.45) is 0 Å². The molecule has 0 saturated heterocycles. The smallest absolute Gasteiger partial charge is 0.416 e. The maximum atomic E-state index is 13.2. The fourth-order valence-corrected chi connectivity index (χ4v) is 4.55. The zero-order valence-corrected chi connectivity index (χ0v) is 20.9. The minimum absolute atomic E-state index is 0.0347. The van der Waals surface area contributed by atoms with Crippen LogP contribution in [0.4, 0.5) is 19.1 Å². The Morgan fingerprint density at radius 2 is 1.95 bits per heavy atom. The summed E-state index contributed by atoms with van der Waals surface area (Å²) in [6, 6.07) is 11.6. The SMILES string of the molecule is COn1c(NCCc2ccc(C(F)(F)F)cc2)nc2c(c1=O)CN(C(=O)c1cc3cc(Cl)ccc3o1)CC2. The molecule has 2 aromatic heterocycles. The van der Waals surface area contributed by atoms with Crippen molar-refractivity contribution in [3.63, 3.8) is 0 Å². The molecule has 0 unspecified atom stereocenters. The zero-order chi connectivity index (χ0) is 27.0. The molecule has 1 amide bonds. The van der Waals surface area contributed by atoms with Gasteiger partial charge in [-0.15, -0.1) is 4.73 Å². The van der Waals surface area contributed by atoms with E-state index in [1.807, 2.05) is 0 Å². The lowest BCUT2D eigenvalue weighted by Gasteiger charge is -2.28. The first-order chi connectivity index (χ1) is 18.1. The number of halogens is 4. The van der Waals surface area contributed by atoms with Crippen molar-refractivity contribution >= 4 is 34.4 Å². The number of carbonyl (C=O) groups excluding carboxylic acids is 1. The zero-order valence-electron chi connectivity index (χ0n) is 20.1. The van der Waals surface area contributed by atoms with E-state index >= 15 is 0 Å². The van der Waals surface area contributed by atoms with E-state index in [4.69, 9.17) is 20.9 Å². The normalized spacial score (nSPS) is 13.4. The number of aromatic nitrogens is 2. The number of amides is 1. The predicted molar refractivity (Wildman–Crippen MR) is 134 cm³/mol. The number of anilines is 1. The Hall–Kier alpha value is -3.99. The monoisotopic (exact) mass is 546 g/mol. The molecule has 38 heavy (non-hydrogen) atoms. The fourth-order valence-electron chi connectivity index (χ4n) is 4.37. The van der Waals surface area contributed by atoms with Crippen molar-refractivity contribution in [3.05, 3.63) is 92.1 Å². The van der Waals surface area contributed by atoms with Crippen LogP contribution in [0.25, 0.3) is 11.0 Å². The molecule has 198 valence electrons. The van der Waals surface area contributed by atoms with E-state index in [1.54, 1.807) is 24.3 Å². The average molecular weight is 547 g/mol. The Kier molecular flexibility index (Phi) is 6.78. The van der Waals surface area contributed by atoms with Crippen LogP contribution in [0.5, 0.6) is 0 Å². The van der Waals surface area contributed by atoms with Crippen molar-refractivity contribution in [1.82, 2.24) is 14.6 Å². The van der Waals surface area contributed by atoms with E-state index in [0.29, 0.717) is 58.7 Å². The summed E-state index contributed by atoms with van der Waals surface area (Å²) >= 11 is 6.02. The number of alkyl halides is 3. The van der Waals surface area contributed by atoms with Crippen molar-refractivity contribution in [2.45, 2.75) is 25.6 Å². The number of furan rings is 1. The fraction of sp³-hybridized carbons (Fsp3) is 0.269. The average Bonchev–Trinajstić information content (AvgIpc) is 3.31. The first kappa shape index (κ1) is 25.7. The summed E-state index contributed by atoms with van der Waals surface area (Å²) in [5, 5.41) is 4.26. The third-order valence-corrected chi connectivity index (χ3v) is 6.56. The molecule has 0 atom stereocenters. The summed E-state index contributed by atoms with van der Waals surface area (Å²) in [4.78, 5) is 37.6. The van der Waals surface area contributed by atoms with Gasteiger partial charge in [0.25, 0.3) is 11.5 Å². The summed E-state index contributed by atoms with van der Waals surface area (Å²) in [5.41, 5.74) is 0.932. The third-order valence-electron chi connectivity index (χ3n) is 6.33. The first-order valence-corrected chi connectivity index (χ1v) is 12.1. The van der Waals surface area contributed by atoms with E-state index in [2.05, 4.69) is 10.3 Å². The van der Waals surface area contributed by atoms with Crippen LogP contribution in [0.2, 0.25) is 5.02 Å². The van der Waals surface area contributed by atoms with Crippen LogP contribution in [-0.2, 0) is 25.6 Å².